The van der Waals surface area contributed by atoms with Crippen molar-refractivity contribution in [1.29, 1.82) is 0 Å². The Bertz CT molecular complexity index is 124. The fraction of sp³-hybridized carbons (Fsp3) is 1.00. The third-order valence-electron chi connectivity index (χ3n) is 2.37. The molecule has 0 bridgehead atoms. The van der Waals surface area contributed by atoms with E-state index in [0.29, 0.717) is 0 Å². The van der Waals surface area contributed by atoms with E-state index in [1.807, 2.05) is 11.8 Å². The van der Waals surface area contributed by atoms with E-state index in [1.54, 1.807) is 0 Å². The van der Waals surface area contributed by atoms with E-state index >= 15 is 0 Å². The van der Waals surface area contributed by atoms with Crippen LogP contribution in [-0.2, 0) is 0 Å². The fourth-order valence-electron chi connectivity index (χ4n) is 0.963. The summed E-state index contributed by atoms with van der Waals surface area (Å²) in [6.07, 6.45) is 1.72. The molecule has 0 atom stereocenters. The van der Waals surface area contributed by atoms with Crippen molar-refractivity contribution in [3.05, 3.63) is 0 Å². The summed E-state index contributed by atoms with van der Waals surface area (Å²) < 4.78 is 0. The second-order valence-electron chi connectivity index (χ2n) is 3.79. The SMILES string of the molecule is CCC(O)(CC)CSCCN(C)C. The first-order chi connectivity index (χ1) is 6.04. The minimum absolute atomic E-state index is 0.434. The Hall–Kier alpha value is 0.270. The van der Waals surface area contributed by atoms with Gasteiger partial charge in [-0.15, -0.1) is 0 Å². The second kappa shape index (κ2) is 6.68. The lowest BCUT2D eigenvalue weighted by Crippen LogP contribution is -2.30. The van der Waals surface area contributed by atoms with Crippen LogP contribution in [0.1, 0.15) is 26.7 Å². The van der Waals surface area contributed by atoms with Gasteiger partial charge < -0.3 is 10.0 Å². The molecule has 0 radical (unpaired) electrons. The summed E-state index contributed by atoms with van der Waals surface area (Å²) in [5.41, 5.74) is -0.434. The van der Waals surface area contributed by atoms with Gasteiger partial charge in [-0.05, 0) is 26.9 Å². The summed E-state index contributed by atoms with van der Waals surface area (Å²) in [4.78, 5) is 2.17. The number of aliphatic hydroxyl groups is 1. The van der Waals surface area contributed by atoms with Gasteiger partial charge in [-0.3, -0.25) is 0 Å². The quantitative estimate of drug-likeness (QED) is 0.642. The maximum Gasteiger partial charge on any atom is 0.0732 e. The van der Waals surface area contributed by atoms with Gasteiger partial charge in [0.15, 0.2) is 0 Å². The van der Waals surface area contributed by atoms with Crippen LogP contribution in [0.2, 0.25) is 0 Å². The topological polar surface area (TPSA) is 23.5 Å². The maximum absolute atomic E-state index is 9.96. The van der Waals surface area contributed by atoms with E-state index in [0.717, 1.165) is 30.9 Å². The summed E-state index contributed by atoms with van der Waals surface area (Å²) in [5, 5.41) is 9.96. The third-order valence-corrected chi connectivity index (χ3v) is 3.58. The van der Waals surface area contributed by atoms with Crippen molar-refractivity contribution in [3.8, 4) is 0 Å². The molecule has 0 saturated carbocycles. The van der Waals surface area contributed by atoms with Crippen molar-refractivity contribution < 1.29 is 5.11 Å². The largest absolute Gasteiger partial charge is 0.389 e. The fourth-order valence-corrected chi connectivity index (χ4v) is 2.39. The molecule has 0 aliphatic heterocycles. The highest BCUT2D eigenvalue weighted by Crippen LogP contribution is 2.20. The van der Waals surface area contributed by atoms with Crippen molar-refractivity contribution in [2.45, 2.75) is 32.3 Å². The zero-order valence-corrected chi connectivity index (χ0v) is 10.2. The molecule has 0 aliphatic carbocycles. The van der Waals surface area contributed by atoms with Crippen LogP contribution in [-0.4, -0.2) is 47.8 Å². The smallest absolute Gasteiger partial charge is 0.0732 e. The first kappa shape index (κ1) is 13.3. The summed E-state index contributed by atoms with van der Waals surface area (Å²) in [7, 11) is 4.15. The normalized spacial score (nSPS) is 12.5. The number of thioether (sulfide) groups is 1. The molecule has 0 rings (SSSR count). The predicted molar refractivity (Wildman–Crippen MR) is 61.4 cm³/mol. The van der Waals surface area contributed by atoms with Crippen molar-refractivity contribution in [3.63, 3.8) is 0 Å². The highest BCUT2D eigenvalue weighted by molar-refractivity contribution is 7.99. The zero-order chi connectivity index (χ0) is 10.3. The van der Waals surface area contributed by atoms with E-state index in [9.17, 15) is 5.11 Å². The first-order valence-electron chi connectivity index (χ1n) is 4.99. The Morgan fingerprint density at radius 1 is 1.23 bits per heavy atom. The molecular formula is C10H23NOS. The van der Waals surface area contributed by atoms with Gasteiger partial charge in [0.05, 0.1) is 5.60 Å². The molecule has 0 fully saturated rings. The van der Waals surface area contributed by atoms with Gasteiger partial charge in [0.25, 0.3) is 0 Å². The number of rotatable bonds is 7. The van der Waals surface area contributed by atoms with Gasteiger partial charge in [-0.25, -0.2) is 0 Å². The molecule has 0 aromatic carbocycles. The van der Waals surface area contributed by atoms with Crippen LogP contribution in [0, 0.1) is 0 Å². The molecule has 0 aromatic heterocycles. The lowest BCUT2D eigenvalue weighted by Gasteiger charge is -2.24. The Balaban J connectivity index is 3.50. The van der Waals surface area contributed by atoms with E-state index < -0.39 is 5.60 Å². The van der Waals surface area contributed by atoms with Crippen LogP contribution in [0.25, 0.3) is 0 Å². The Kier molecular flexibility index (Phi) is 6.82. The van der Waals surface area contributed by atoms with Gasteiger partial charge in [0.1, 0.15) is 0 Å². The monoisotopic (exact) mass is 205 g/mol. The highest BCUT2D eigenvalue weighted by Gasteiger charge is 2.21. The van der Waals surface area contributed by atoms with Gasteiger partial charge >= 0.3 is 0 Å². The molecule has 0 amide bonds. The van der Waals surface area contributed by atoms with Gasteiger partial charge in [0, 0.05) is 18.1 Å². The van der Waals surface area contributed by atoms with Crippen LogP contribution in [0.5, 0.6) is 0 Å². The Morgan fingerprint density at radius 2 is 1.77 bits per heavy atom. The van der Waals surface area contributed by atoms with E-state index in [-0.39, 0.29) is 0 Å². The summed E-state index contributed by atoms with van der Waals surface area (Å²) in [5.74, 6) is 1.98. The van der Waals surface area contributed by atoms with Crippen molar-refractivity contribution in [1.82, 2.24) is 4.90 Å². The third kappa shape index (κ3) is 6.36. The van der Waals surface area contributed by atoms with Gasteiger partial charge in [0.2, 0.25) is 0 Å². The molecule has 13 heavy (non-hydrogen) atoms. The average Bonchev–Trinajstić information content (AvgIpc) is 2.12. The van der Waals surface area contributed by atoms with Gasteiger partial charge in [-0.2, -0.15) is 11.8 Å². The van der Waals surface area contributed by atoms with Crippen LogP contribution >= 0.6 is 11.8 Å². The summed E-state index contributed by atoms with van der Waals surface area (Å²) in [6, 6.07) is 0. The molecule has 0 saturated heterocycles. The van der Waals surface area contributed by atoms with Crippen molar-refractivity contribution in [2.24, 2.45) is 0 Å². The Morgan fingerprint density at radius 3 is 2.15 bits per heavy atom. The lowest BCUT2D eigenvalue weighted by molar-refractivity contribution is 0.0572. The Labute approximate surface area is 86.7 Å². The first-order valence-corrected chi connectivity index (χ1v) is 6.14. The highest BCUT2D eigenvalue weighted by atomic mass is 32.2. The van der Waals surface area contributed by atoms with Gasteiger partial charge in [-0.1, -0.05) is 13.8 Å². The summed E-state index contributed by atoms with van der Waals surface area (Å²) >= 11 is 1.85. The molecule has 0 spiro atoms. The molecular weight excluding hydrogens is 182 g/mol. The molecule has 0 heterocycles. The average molecular weight is 205 g/mol. The molecule has 0 unspecified atom stereocenters. The van der Waals surface area contributed by atoms with Crippen LogP contribution < -0.4 is 0 Å². The van der Waals surface area contributed by atoms with Crippen LogP contribution in [0.4, 0.5) is 0 Å². The molecule has 0 aliphatic rings. The zero-order valence-electron chi connectivity index (χ0n) is 9.34. The second-order valence-corrected chi connectivity index (χ2v) is 4.89. The van der Waals surface area contributed by atoms with Crippen molar-refractivity contribution >= 4 is 11.8 Å². The molecule has 80 valence electrons. The molecule has 3 heteroatoms. The number of hydrogen-bond acceptors (Lipinski definition) is 3. The van der Waals surface area contributed by atoms with E-state index in [1.165, 1.54) is 0 Å². The lowest BCUT2D eigenvalue weighted by atomic mass is 10.0. The molecule has 0 aromatic rings. The molecule has 2 nitrogen and oxygen atoms in total. The van der Waals surface area contributed by atoms with E-state index in [2.05, 4.69) is 32.8 Å². The minimum atomic E-state index is -0.434. The standard InChI is InChI=1S/C10H23NOS/c1-5-10(12,6-2)9-13-8-7-11(3)4/h12H,5-9H2,1-4H3. The van der Waals surface area contributed by atoms with Crippen molar-refractivity contribution in [2.75, 3.05) is 32.1 Å². The minimum Gasteiger partial charge on any atom is -0.389 e. The predicted octanol–water partition coefficient (Wildman–Crippen LogP) is 1.83. The molecule has 1 N–H and O–H groups in total. The number of hydrogen-bond donors (Lipinski definition) is 1. The number of nitrogens with zero attached hydrogens (tertiary/aromatic N) is 1. The van der Waals surface area contributed by atoms with Crippen LogP contribution in [0.15, 0.2) is 0 Å². The van der Waals surface area contributed by atoms with Crippen LogP contribution in [0.3, 0.4) is 0 Å². The maximum atomic E-state index is 9.96. The van der Waals surface area contributed by atoms with E-state index in [4.69, 9.17) is 0 Å². The summed E-state index contributed by atoms with van der Waals surface area (Å²) in [6.45, 7) is 5.19.